The summed E-state index contributed by atoms with van der Waals surface area (Å²) in [4.78, 5) is 24.1. The largest absolute Gasteiger partial charge is 0.326 e. The van der Waals surface area contributed by atoms with Crippen molar-refractivity contribution < 1.29 is 9.59 Å². The molecule has 0 aliphatic heterocycles. The van der Waals surface area contributed by atoms with E-state index in [2.05, 4.69) is 10.6 Å². The van der Waals surface area contributed by atoms with Crippen LogP contribution in [0.3, 0.4) is 0 Å². The predicted octanol–water partition coefficient (Wildman–Crippen LogP) is 4.36. The second kappa shape index (κ2) is 6.65. The SMILES string of the molecule is CC(=O)Nc1cccc(NC(=O)C2(c3ccc(Cl)cc3)CCC2)c1. The standard InChI is InChI=1S/C19H19ClN2O2/c1-13(23)21-16-4-2-5-17(12-16)22-18(24)19(10-3-11-19)14-6-8-15(20)9-7-14/h2,4-9,12H,3,10-11H2,1H3,(H,21,23)(H,22,24). The van der Waals surface area contributed by atoms with Crippen molar-refractivity contribution in [3.8, 4) is 0 Å². The number of rotatable bonds is 4. The first-order chi connectivity index (χ1) is 11.5. The molecule has 5 heteroatoms. The molecule has 1 fully saturated rings. The van der Waals surface area contributed by atoms with Crippen LogP contribution in [0.4, 0.5) is 11.4 Å². The summed E-state index contributed by atoms with van der Waals surface area (Å²) in [6, 6.07) is 14.7. The Hall–Kier alpha value is -2.33. The lowest BCUT2D eigenvalue weighted by molar-refractivity contribution is -0.124. The van der Waals surface area contributed by atoms with Crippen molar-refractivity contribution in [2.45, 2.75) is 31.6 Å². The van der Waals surface area contributed by atoms with Crippen LogP contribution in [0, 0.1) is 0 Å². The second-order valence-corrected chi connectivity index (χ2v) is 6.60. The fourth-order valence-corrected chi connectivity index (χ4v) is 3.20. The molecule has 0 spiro atoms. The maximum atomic E-state index is 12.9. The van der Waals surface area contributed by atoms with Crippen molar-refractivity contribution in [1.82, 2.24) is 0 Å². The van der Waals surface area contributed by atoms with Crippen molar-refractivity contribution >= 4 is 34.8 Å². The van der Waals surface area contributed by atoms with Gasteiger partial charge in [0.2, 0.25) is 11.8 Å². The molecule has 4 nitrogen and oxygen atoms in total. The molecule has 1 aliphatic rings. The average molecular weight is 343 g/mol. The summed E-state index contributed by atoms with van der Waals surface area (Å²) in [7, 11) is 0. The van der Waals surface area contributed by atoms with Gasteiger partial charge in [0.25, 0.3) is 0 Å². The monoisotopic (exact) mass is 342 g/mol. The smallest absolute Gasteiger partial charge is 0.235 e. The Morgan fingerprint density at radius 1 is 1.00 bits per heavy atom. The summed E-state index contributed by atoms with van der Waals surface area (Å²) in [5.74, 6) is -0.161. The average Bonchev–Trinajstić information content (AvgIpc) is 2.47. The van der Waals surface area contributed by atoms with Crippen LogP contribution in [0.5, 0.6) is 0 Å². The van der Waals surface area contributed by atoms with Gasteiger partial charge in [-0.25, -0.2) is 0 Å². The second-order valence-electron chi connectivity index (χ2n) is 6.16. The number of anilines is 2. The molecule has 0 saturated heterocycles. The summed E-state index contributed by atoms with van der Waals surface area (Å²) in [5, 5.41) is 6.37. The first-order valence-corrected chi connectivity index (χ1v) is 8.33. The van der Waals surface area contributed by atoms with Crippen molar-refractivity contribution in [2.75, 3.05) is 10.6 Å². The number of carbonyl (C=O) groups excluding carboxylic acids is 2. The van der Waals surface area contributed by atoms with Crippen molar-refractivity contribution in [3.05, 3.63) is 59.1 Å². The highest BCUT2D eigenvalue weighted by atomic mass is 35.5. The summed E-state index contributed by atoms with van der Waals surface area (Å²) < 4.78 is 0. The number of amides is 2. The van der Waals surface area contributed by atoms with Crippen LogP contribution in [0.15, 0.2) is 48.5 Å². The number of benzene rings is 2. The normalized spacial score (nSPS) is 15.2. The minimum Gasteiger partial charge on any atom is -0.326 e. The van der Waals surface area contributed by atoms with E-state index in [1.165, 1.54) is 6.92 Å². The molecule has 0 unspecified atom stereocenters. The van der Waals surface area contributed by atoms with Crippen LogP contribution in [-0.4, -0.2) is 11.8 Å². The van der Waals surface area contributed by atoms with Crippen LogP contribution < -0.4 is 10.6 Å². The van der Waals surface area contributed by atoms with E-state index in [1.807, 2.05) is 30.3 Å². The Labute approximate surface area is 146 Å². The van der Waals surface area contributed by atoms with Gasteiger partial charge in [-0.1, -0.05) is 36.2 Å². The quantitative estimate of drug-likeness (QED) is 0.867. The lowest BCUT2D eigenvalue weighted by Crippen LogP contribution is -2.46. The Morgan fingerprint density at radius 3 is 2.17 bits per heavy atom. The number of nitrogens with one attached hydrogen (secondary N) is 2. The summed E-state index contributed by atoms with van der Waals surface area (Å²) in [6.07, 6.45) is 2.68. The molecule has 0 aromatic heterocycles. The first kappa shape index (κ1) is 16.5. The third kappa shape index (κ3) is 3.29. The third-order valence-electron chi connectivity index (χ3n) is 4.48. The van der Waals surface area contributed by atoms with Crippen molar-refractivity contribution in [1.29, 1.82) is 0 Å². The molecular weight excluding hydrogens is 324 g/mol. The number of halogens is 1. The van der Waals surface area contributed by atoms with Gasteiger partial charge in [-0.3, -0.25) is 9.59 Å². The molecule has 24 heavy (non-hydrogen) atoms. The van der Waals surface area contributed by atoms with Gasteiger partial charge >= 0.3 is 0 Å². The van der Waals surface area contributed by atoms with Crippen LogP contribution in [0.1, 0.15) is 31.7 Å². The minimum absolute atomic E-state index is 0.0175. The molecule has 0 bridgehead atoms. The fraction of sp³-hybridized carbons (Fsp3) is 0.263. The van der Waals surface area contributed by atoms with Gasteiger partial charge in [-0.05, 0) is 48.7 Å². The first-order valence-electron chi connectivity index (χ1n) is 7.95. The zero-order valence-corrected chi connectivity index (χ0v) is 14.2. The molecule has 2 aromatic rings. The zero-order valence-electron chi connectivity index (χ0n) is 13.4. The topological polar surface area (TPSA) is 58.2 Å². The van der Waals surface area contributed by atoms with Crippen molar-refractivity contribution in [2.24, 2.45) is 0 Å². The summed E-state index contributed by atoms with van der Waals surface area (Å²) >= 11 is 5.96. The van der Waals surface area contributed by atoms with E-state index >= 15 is 0 Å². The maximum Gasteiger partial charge on any atom is 0.235 e. The molecule has 0 atom stereocenters. The number of carbonyl (C=O) groups is 2. The van der Waals surface area contributed by atoms with Gasteiger partial charge in [0.05, 0.1) is 5.41 Å². The molecule has 124 valence electrons. The van der Waals surface area contributed by atoms with Crippen LogP contribution in [-0.2, 0) is 15.0 Å². The minimum atomic E-state index is -0.491. The highest BCUT2D eigenvalue weighted by molar-refractivity contribution is 6.30. The van der Waals surface area contributed by atoms with E-state index in [0.717, 1.165) is 24.8 Å². The van der Waals surface area contributed by atoms with Crippen LogP contribution >= 0.6 is 11.6 Å². The Kier molecular flexibility index (Phi) is 4.58. The van der Waals surface area contributed by atoms with Crippen molar-refractivity contribution in [3.63, 3.8) is 0 Å². The molecule has 2 amide bonds. The van der Waals surface area contributed by atoms with Gasteiger partial charge in [-0.2, -0.15) is 0 Å². The molecule has 2 aromatic carbocycles. The van der Waals surface area contributed by atoms with Crippen LogP contribution in [0.2, 0.25) is 5.02 Å². The Balaban J connectivity index is 1.80. The van der Waals surface area contributed by atoms with E-state index in [4.69, 9.17) is 11.6 Å². The molecule has 3 rings (SSSR count). The molecule has 0 heterocycles. The van der Waals surface area contributed by atoms with Gasteiger partial charge in [-0.15, -0.1) is 0 Å². The molecular formula is C19H19ClN2O2. The van der Waals surface area contributed by atoms with E-state index < -0.39 is 5.41 Å². The summed E-state index contributed by atoms with van der Waals surface area (Å²) in [5.41, 5.74) is 1.84. The van der Waals surface area contributed by atoms with Gasteiger partial charge < -0.3 is 10.6 Å². The highest BCUT2D eigenvalue weighted by Gasteiger charge is 2.45. The van der Waals surface area contributed by atoms with E-state index in [-0.39, 0.29) is 11.8 Å². The van der Waals surface area contributed by atoms with Gasteiger partial charge in [0, 0.05) is 23.3 Å². The number of hydrogen-bond donors (Lipinski definition) is 2. The highest BCUT2D eigenvalue weighted by Crippen LogP contribution is 2.44. The van der Waals surface area contributed by atoms with Gasteiger partial charge in [0.1, 0.15) is 0 Å². The number of hydrogen-bond acceptors (Lipinski definition) is 2. The summed E-state index contributed by atoms with van der Waals surface area (Å²) in [6.45, 7) is 1.45. The lowest BCUT2D eigenvalue weighted by atomic mass is 9.64. The fourth-order valence-electron chi connectivity index (χ4n) is 3.07. The predicted molar refractivity (Wildman–Crippen MR) is 96.4 cm³/mol. The zero-order chi connectivity index (χ0) is 17.2. The Bertz CT molecular complexity index is 767. The molecule has 1 saturated carbocycles. The maximum absolute atomic E-state index is 12.9. The van der Waals surface area contributed by atoms with E-state index in [1.54, 1.807) is 18.2 Å². The Morgan fingerprint density at radius 2 is 1.62 bits per heavy atom. The van der Waals surface area contributed by atoms with E-state index in [0.29, 0.717) is 16.4 Å². The molecule has 1 aliphatic carbocycles. The lowest BCUT2D eigenvalue weighted by Gasteiger charge is -2.40. The van der Waals surface area contributed by atoms with Gasteiger partial charge in [0.15, 0.2) is 0 Å². The van der Waals surface area contributed by atoms with Crippen LogP contribution in [0.25, 0.3) is 0 Å². The molecule has 2 N–H and O–H groups in total. The molecule has 0 radical (unpaired) electrons. The van der Waals surface area contributed by atoms with E-state index in [9.17, 15) is 9.59 Å². The third-order valence-corrected chi connectivity index (χ3v) is 4.73.